The molecule has 2 nitrogen and oxygen atoms in total. The molecule has 0 aliphatic heterocycles. The van der Waals surface area contributed by atoms with Crippen LogP contribution in [0.25, 0.3) is 0 Å². The van der Waals surface area contributed by atoms with E-state index in [2.05, 4.69) is 6.58 Å². The summed E-state index contributed by atoms with van der Waals surface area (Å²) < 4.78 is 5.92. The minimum Gasteiger partial charge on any atom is -0.390 e. The van der Waals surface area contributed by atoms with Gasteiger partial charge in [0.2, 0.25) is 0 Å². The molecule has 0 saturated heterocycles. The van der Waals surface area contributed by atoms with Crippen molar-refractivity contribution in [1.29, 1.82) is 0 Å². The van der Waals surface area contributed by atoms with Crippen molar-refractivity contribution in [2.24, 2.45) is 0 Å². The average molecular weight is 226 g/mol. The number of aliphatic hydroxyl groups is 1. The molecule has 0 radical (unpaired) electrons. The van der Waals surface area contributed by atoms with Gasteiger partial charge in [-0.3, -0.25) is 0 Å². The molecule has 0 aromatic rings. The normalized spacial score (nSPS) is 22.4. The molecule has 0 aromatic carbocycles. The third-order valence-corrected chi connectivity index (χ3v) is 3.63. The summed E-state index contributed by atoms with van der Waals surface area (Å²) in [5.74, 6) is 0. The maximum Gasteiger partial charge on any atom is 0.0940 e. The van der Waals surface area contributed by atoms with Gasteiger partial charge in [0.15, 0.2) is 0 Å². The van der Waals surface area contributed by atoms with Crippen LogP contribution in [0, 0.1) is 0 Å². The van der Waals surface area contributed by atoms with Gasteiger partial charge in [-0.1, -0.05) is 31.8 Å². The highest BCUT2D eigenvalue weighted by molar-refractivity contribution is 4.91. The number of ether oxygens (including phenoxy) is 1. The third-order valence-electron chi connectivity index (χ3n) is 3.63. The predicted molar refractivity (Wildman–Crippen MR) is 67.5 cm³/mol. The van der Waals surface area contributed by atoms with Gasteiger partial charge >= 0.3 is 0 Å². The maximum atomic E-state index is 10.3. The van der Waals surface area contributed by atoms with Crippen LogP contribution in [0.15, 0.2) is 12.7 Å². The summed E-state index contributed by atoms with van der Waals surface area (Å²) in [5, 5.41) is 10.3. The quantitative estimate of drug-likeness (QED) is 0.555. The molecule has 0 aromatic heterocycles. The van der Waals surface area contributed by atoms with Crippen molar-refractivity contribution in [3.05, 3.63) is 12.7 Å². The molecule has 0 amide bonds. The van der Waals surface area contributed by atoms with Gasteiger partial charge < -0.3 is 9.84 Å². The van der Waals surface area contributed by atoms with Crippen LogP contribution in [-0.4, -0.2) is 23.4 Å². The number of hydrogen-bond acceptors (Lipinski definition) is 2. The lowest BCUT2D eigenvalue weighted by Crippen LogP contribution is -2.44. The van der Waals surface area contributed by atoms with Crippen molar-refractivity contribution >= 4 is 0 Å². The van der Waals surface area contributed by atoms with Gasteiger partial charge in [-0.05, 0) is 32.6 Å². The van der Waals surface area contributed by atoms with Crippen LogP contribution >= 0.6 is 0 Å². The molecule has 1 N–H and O–H groups in total. The highest BCUT2D eigenvalue weighted by atomic mass is 16.5. The van der Waals surface area contributed by atoms with Crippen molar-refractivity contribution in [3.8, 4) is 0 Å². The summed E-state index contributed by atoms with van der Waals surface area (Å²) in [6.45, 7) is 6.43. The van der Waals surface area contributed by atoms with Crippen LogP contribution < -0.4 is 0 Å². The SMILES string of the molecule is C=CCCC(O)C1(OCC)CCCCCC1. The monoisotopic (exact) mass is 226 g/mol. The first-order valence-electron chi connectivity index (χ1n) is 6.68. The molecule has 1 aliphatic carbocycles. The van der Waals surface area contributed by atoms with Crippen LogP contribution in [0.3, 0.4) is 0 Å². The van der Waals surface area contributed by atoms with E-state index in [9.17, 15) is 5.11 Å². The number of aliphatic hydroxyl groups excluding tert-OH is 1. The van der Waals surface area contributed by atoms with Crippen LogP contribution in [-0.2, 0) is 4.74 Å². The highest BCUT2D eigenvalue weighted by Gasteiger charge is 2.38. The molecule has 94 valence electrons. The molecule has 0 bridgehead atoms. The lowest BCUT2D eigenvalue weighted by Gasteiger charge is -2.37. The number of hydrogen-bond donors (Lipinski definition) is 1. The van der Waals surface area contributed by atoms with E-state index in [1.54, 1.807) is 0 Å². The van der Waals surface area contributed by atoms with E-state index in [-0.39, 0.29) is 11.7 Å². The summed E-state index contributed by atoms with van der Waals surface area (Å²) in [6.07, 6.45) is 10.2. The molecule has 1 atom stereocenters. The Bertz CT molecular complexity index is 193. The second-order valence-electron chi connectivity index (χ2n) is 4.79. The Morgan fingerprint density at radius 2 is 1.94 bits per heavy atom. The standard InChI is InChI=1S/C14H26O2/c1-3-5-10-13(15)14(16-4-2)11-8-6-7-9-12-14/h3,13,15H,1,4-12H2,2H3. The molecule has 1 saturated carbocycles. The zero-order valence-electron chi connectivity index (χ0n) is 10.6. The van der Waals surface area contributed by atoms with Crippen molar-refractivity contribution in [1.82, 2.24) is 0 Å². The van der Waals surface area contributed by atoms with Gasteiger partial charge in [-0.25, -0.2) is 0 Å². The molecular formula is C14H26O2. The molecule has 1 fully saturated rings. The van der Waals surface area contributed by atoms with E-state index in [4.69, 9.17) is 4.74 Å². The summed E-state index contributed by atoms with van der Waals surface area (Å²) in [4.78, 5) is 0. The minimum absolute atomic E-state index is 0.270. The van der Waals surface area contributed by atoms with E-state index in [1.165, 1.54) is 25.7 Å². The van der Waals surface area contributed by atoms with Gasteiger partial charge in [-0.2, -0.15) is 0 Å². The first kappa shape index (κ1) is 13.7. The fourth-order valence-electron chi connectivity index (χ4n) is 2.73. The predicted octanol–water partition coefficient (Wildman–Crippen LogP) is 3.44. The molecule has 1 rings (SSSR count). The third kappa shape index (κ3) is 3.60. The van der Waals surface area contributed by atoms with Crippen molar-refractivity contribution in [2.45, 2.75) is 70.0 Å². The zero-order valence-corrected chi connectivity index (χ0v) is 10.6. The van der Waals surface area contributed by atoms with Gasteiger partial charge in [0, 0.05) is 6.61 Å². The largest absolute Gasteiger partial charge is 0.390 e. The van der Waals surface area contributed by atoms with Gasteiger partial charge in [-0.15, -0.1) is 6.58 Å². The lowest BCUT2D eigenvalue weighted by molar-refractivity contribution is -0.130. The Labute approximate surface area is 99.7 Å². The first-order valence-corrected chi connectivity index (χ1v) is 6.68. The highest BCUT2D eigenvalue weighted by Crippen LogP contribution is 2.35. The Morgan fingerprint density at radius 3 is 2.44 bits per heavy atom. The second-order valence-corrected chi connectivity index (χ2v) is 4.79. The van der Waals surface area contributed by atoms with Crippen molar-refractivity contribution in [3.63, 3.8) is 0 Å². The topological polar surface area (TPSA) is 29.5 Å². The Hall–Kier alpha value is -0.340. The average Bonchev–Trinajstić information content (AvgIpc) is 2.53. The van der Waals surface area contributed by atoms with E-state index in [0.717, 1.165) is 25.7 Å². The smallest absolute Gasteiger partial charge is 0.0940 e. The van der Waals surface area contributed by atoms with Crippen LogP contribution in [0.5, 0.6) is 0 Å². The Morgan fingerprint density at radius 1 is 1.31 bits per heavy atom. The number of allylic oxidation sites excluding steroid dienone is 1. The molecule has 1 aliphatic rings. The molecule has 16 heavy (non-hydrogen) atoms. The second kappa shape index (κ2) is 7.08. The van der Waals surface area contributed by atoms with Crippen LogP contribution in [0.4, 0.5) is 0 Å². The lowest BCUT2D eigenvalue weighted by atomic mass is 9.85. The summed E-state index contributed by atoms with van der Waals surface area (Å²) in [5.41, 5.74) is -0.270. The van der Waals surface area contributed by atoms with Crippen molar-refractivity contribution < 1.29 is 9.84 Å². The van der Waals surface area contributed by atoms with Gasteiger partial charge in [0.25, 0.3) is 0 Å². The summed E-state index contributed by atoms with van der Waals surface area (Å²) >= 11 is 0. The van der Waals surface area contributed by atoms with E-state index >= 15 is 0 Å². The fraction of sp³-hybridized carbons (Fsp3) is 0.857. The maximum absolute atomic E-state index is 10.3. The zero-order chi connectivity index (χ0) is 11.9. The van der Waals surface area contributed by atoms with E-state index in [0.29, 0.717) is 6.61 Å². The van der Waals surface area contributed by atoms with Crippen LogP contribution in [0.1, 0.15) is 58.3 Å². The van der Waals surface area contributed by atoms with Crippen molar-refractivity contribution in [2.75, 3.05) is 6.61 Å². The first-order chi connectivity index (χ1) is 7.75. The van der Waals surface area contributed by atoms with Gasteiger partial charge in [0.1, 0.15) is 0 Å². The summed E-state index contributed by atoms with van der Waals surface area (Å²) in [6, 6.07) is 0. The summed E-state index contributed by atoms with van der Waals surface area (Å²) in [7, 11) is 0. The Balaban J connectivity index is 2.63. The molecule has 1 unspecified atom stereocenters. The van der Waals surface area contributed by atoms with E-state index in [1.807, 2.05) is 13.0 Å². The number of rotatable bonds is 6. The molecular weight excluding hydrogens is 200 g/mol. The minimum atomic E-state index is -0.330. The van der Waals surface area contributed by atoms with Crippen LogP contribution in [0.2, 0.25) is 0 Å². The molecule has 0 spiro atoms. The Kier molecular flexibility index (Phi) is 6.07. The molecule has 2 heteroatoms. The molecule has 0 heterocycles. The fourth-order valence-corrected chi connectivity index (χ4v) is 2.73. The van der Waals surface area contributed by atoms with E-state index < -0.39 is 0 Å². The van der Waals surface area contributed by atoms with Gasteiger partial charge in [0.05, 0.1) is 11.7 Å².